The van der Waals surface area contributed by atoms with Crippen molar-refractivity contribution >= 4 is 0 Å². The summed E-state index contributed by atoms with van der Waals surface area (Å²) in [4.78, 5) is 0. The number of hydrogen-bond donors (Lipinski definition) is 1. The predicted molar refractivity (Wildman–Crippen MR) is 62.5 cm³/mol. The first-order valence-corrected chi connectivity index (χ1v) is 5.70. The maximum atomic E-state index is 13.0. The maximum Gasteiger partial charge on any atom is 0.416 e. The summed E-state index contributed by atoms with van der Waals surface area (Å²) in [7, 11) is 1.35. The highest BCUT2D eigenvalue weighted by molar-refractivity contribution is 5.45. The zero-order chi connectivity index (χ0) is 13.7. The van der Waals surface area contributed by atoms with Crippen LogP contribution in [0.4, 0.5) is 13.2 Å². The molecule has 5 heteroatoms. The van der Waals surface area contributed by atoms with Crippen LogP contribution in [0.2, 0.25) is 0 Å². The summed E-state index contributed by atoms with van der Waals surface area (Å²) >= 11 is 0. The molecule has 0 aromatic heterocycles. The van der Waals surface area contributed by atoms with Gasteiger partial charge in [-0.15, -0.1) is 0 Å². The molecule has 2 N–H and O–H groups in total. The van der Waals surface area contributed by atoms with Gasteiger partial charge in [0.15, 0.2) is 0 Å². The van der Waals surface area contributed by atoms with E-state index in [0.717, 1.165) is 6.07 Å². The second-order valence-corrected chi connectivity index (χ2v) is 5.28. The minimum Gasteiger partial charge on any atom is -0.497 e. The fraction of sp³-hybridized carbons (Fsp3) is 0.538. The second-order valence-electron chi connectivity index (χ2n) is 5.28. The van der Waals surface area contributed by atoms with Crippen LogP contribution in [0.1, 0.15) is 30.9 Å². The lowest BCUT2D eigenvalue weighted by Gasteiger charge is -2.15. The summed E-state index contributed by atoms with van der Waals surface area (Å²) in [6.45, 7) is 3.76. The fourth-order valence-electron chi connectivity index (χ4n) is 2.45. The first-order chi connectivity index (χ1) is 8.19. The summed E-state index contributed by atoms with van der Waals surface area (Å²) < 4.78 is 44.0. The third-order valence-corrected chi connectivity index (χ3v) is 3.81. The monoisotopic (exact) mass is 259 g/mol. The molecule has 0 saturated heterocycles. The van der Waals surface area contributed by atoms with E-state index in [0.29, 0.717) is 0 Å². The number of alkyl halides is 3. The molecule has 2 atom stereocenters. The number of halogens is 3. The van der Waals surface area contributed by atoms with Gasteiger partial charge in [-0.3, -0.25) is 0 Å². The highest BCUT2D eigenvalue weighted by Crippen LogP contribution is 2.59. The van der Waals surface area contributed by atoms with Crippen LogP contribution >= 0.6 is 0 Å². The lowest BCUT2D eigenvalue weighted by molar-refractivity contribution is -0.138. The van der Waals surface area contributed by atoms with Crippen molar-refractivity contribution in [1.82, 2.24) is 0 Å². The maximum absolute atomic E-state index is 13.0. The average molecular weight is 259 g/mol. The van der Waals surface area contributed by atoms with E-state index in [1.165, 1.54) is 13.2 Å². The Morgan fingerprint density at radius 1 is 1.28 bits per heavy atom. The molecule has 1 saturated carbocycles. The summed E-state index contributed by atoms with van der Waals surface area (Å²) in [5.74, 6) is -0.0434. The number of methoxy groups -OCH3 is 1. The average Bonchev–Trinajstić information content (AvgIpc) is 2.76. The molecule has 1 aromatic rings. The van der Waals surface area contributed by atoms with E-state index in [-0.39, 0.29) is 28.7 Å². The molecule has 0 spiro atoms. The Labute approximate surface area is 104 Å². The molecule has 100 valence electrons. The van der Waals surface area contributed by atoms with Gasteiger partial charge in [-0.05, 0) is 23.1 Å². The lowest BCUT2D eigenvalue weighted by atomic mass is 9.97. The van der Waals surface area contributed by atoms with Crippen molar-refractivity contribution in [3.8, 4) is 5.75 Å². The van der Waals surface area contributed by atoms with Crippen LogP contribution in [0.25, 0.3) is 0 Å². The van der Waals surface area contributed by atoms with E-state index in [9.17, 15) is 13.2 Å². The quantitative estimate of drug-likeness (QED) is 0.885. The Hall–Kier alpha value is -1.23. The van der Waals surface area contributed by atoms with Gasteiger partial charge in [0, 0.05) is 12.0 Å². The van der Waals surface area contributed by atoms with Crippen LogP contribution in [0.15, 0.2) is 18.2 Å². The molecule has 1 aliphatic carbocycles. The minimum atomic E-state index is -4.39. The predicted octanol–water partition coefficient (Wildman–Crippen LogP) is 3.16. The Morgan fingerprint density at radius 3 is 2.22 bits per heavy atom. The van der Waals surface area contributed by atoms with Crippen molar-refractivity contribution in [1.29, 1.82) is 0 Å². The van der Waals surface area contributed by atoms with Gasteiger partial charge >= 0.3 is 6.18 Å². The molecule has 2 rings (SSSR count). The summed E-state index contributed by atoms with van der Waals surface area (Å²) in [5.41, 5.74) is 5.20. The largest absolute Gasteiger partial charge is 0.497 e. The van der Waals surface area contributed by atoms with Gasteiger partial charge in [0.05, 0.1) is 12.7 Å². The Morgan fingerprint density at radius 2 is 1.83 bits per heavy atom. The molecule has 1 aromatic carbocycles. The van der Waals surface area contributed by atoms with Crippen molar-refractivity contribution in [2.24, 2.45) is 11.1 Å². The molecular weight excluding hydrogens is 243 g/mol. The van der Waals surface area contributed by atoms with E-state index in [1.54, 1.807) is 6.07 Å². The Bertz CT molecular complexity index is 468. The van der Waals surface area contributed by atoms with Crippen molar-refractivity contribution in [3.05, 3.63) is 29.3 Å². The third-order valence-electron chi connectivity index (χ3n) is 3.81. The Balaban J connectivity index is 2.49. The highest BCUT2D eigenvalue weighted by Gasteiger charge is 2.58. The van der Waals surface area contributed by atoms with Crippen molar-refractivity contribution in [2.75, 3.05) is 7.11 Å². The molecule has 2 nitrogen and oxygen atoms in total. The molecule has 0 unspecified atom stereocenters. The molecule has 0 bridgehead atoms. The van der Waals surface area contributed by atoms with Gasteiger partial charge in [-0.2, -0.15) is 13.2 Å². The van der Waals surface area contributed by atoms with Crippen molar-refractivity contribution in [2.45, 2.75) is 32.0 Å². The summed E-state index contributed by atoms with van der Waals surface area (Å²) in [6, 6.07) is 3.83. The summed E-state index contributed by atoms with van der Waals surface area (Å²) in [5, 5.41) is 0. The number of nitrogens with two attached hydrogens (primary N) is 1. The van der Waals surface area contributed by atoms with Gasteiger partial charge < -0.3 is 10.5 Å². The number of rotatable bonds is 2. The van der Waals surface area contributed by atoms with E-state index < -0.39 is 11.7 Å². The van der Waals surface area contributed by atoms with E-state index >= 15 is 0 Å². The molecular formula is C13H16F3NO. The SMILES string of the molecule is COc1ccc([C@H]2[C@H](N)C2(C)C)c(C(F)(F)F)c1. The zero-order valence-corrected chi connectivity index (χ0v) is 10.5. The number of benzene rings is 1. The van der Waals surface area contributed by atoms with E-state index in [2.05, 4.69) is 0 Å². The molecule has 0 heterocycles. The normalized spacial score (nSPS) is 25.9. The lowest BCUT2D eigenvalue weighted by Crippen LogP contribution is -2.11. The van der Waals surface area contributed by atoms with Crippen LogP contribution in [-0.4, -0.2) is 13.2 Å². The van der Waals surface area contributed by atoms with Crippen LogP contribution in [0.3, 0.4) is 0 Å². The number of hydrogen-bond acceptors (Lipinski definition) is 2. The van der Waals surface area contributed by atoms with Gasteiger partial charge in [-0.25, -0.2) is 0 Å². The van der Waals surface area contributed by atoms with E-state index in [4.69, 9.17) is 10.5 Å². The topological polar surface area (TPSA) is 35.2 Å². The van der Waals surface area contributed by atoms with Crippen LogP contribution in [-0.2, 0) is 6.18 Å². The standard InChI is InChI=1S/C13H16F3NO/c1-12(2)10(11(12)17)8-5-4-7(18-3)6-9(8)13(14,15)16/h4-6,10-11H,17H2,1-3H3/t10-,11-/m0/s1. The first-order valence-electron chi connectivity index (χ1n) is 5.70. The van der Waals surface area contributed by atoms with Crippen LogP contribution < -0.4 is 10.5 Å². The number of ether oxygens (including phenoxy) is 1. The van der Waals surface area contributed by atoms with Gasteiger partial charge in [0.2, 0.25) is 0 Å². The smallest absolute Gasteiger partial charge is 0.416 e. The molecule has 1 fully saturated rings. The van der Waals surface area contributed by atoms with E-state index in [1.807, 2.05) is 13.8 Å². The molecule has 18 heavy (non-hydrogen) atoms. The molecule has 0 amide bonds. The van der Waals surface area contributed by atoms with Gasteiger partial charge in [0.1, 0.15) is 5.75 Å². The van der Waals surface area contributed by atoms with Gasteiger partial charge in [0.25, 0.3) is 0 Å². The van der Waals surface area contributed by atoms with Crippen LogP contribution in [0.5, 0.6) is 5.75 Å². The minimum absolute atomic E-state index is 0.207. The first kappa shape index (κ1) is 13.2. The second kappa shape index (κ2) is 3.88. The van der Waals surface area contributed by atoms with Gasteiger partial charge in [-0.1, -0.05) is 19.9 Å². The van der Waals surface area contributed by atoms with Crippen LogP contribution in [0, 0.1) is 5.41 Å². The highest BCUT2D eigenvalue weighted by atomic mass is 19.4. The summed E-state index contributed by atoms with van der Waals surface area (Å²) in [6.07, 6.45) is -4.39. The zero-order valence-electron chi connectivity index (χ0n) is 10.5. The van der Waals surface area contributed by atoms with Crippen molar-refractivity contribution < 1.29 is 17.9 Å². The molecule has 1 aliphatic rings. The molecule has 0 radical (unpaired) electrons. The molecule has 0 aliphatic heterocycles. The third kappa shape index (κ3) is 1.96. The fourth-order valence-corrected chi connectivity index (χ4v) is 2.45. The van der Waals surface area contributed by atoms with Crippen molar-refractivity contribution in [3.63, 3.8) is 0 Å². The Kier molecular flexibility index (Phi) is 2.85.